The molecule has 0 spiro atoms. The van der Waals surface area contributed by atoms with Crippen molar-refractivity contribution in [3.63, 3.8) is 0 Å². The summed E-state index contributed by atoms with van der Waals surface area (Å²) >= 11 is 0. The van der Waals surface area contributed by atoms with Gasteiger partial charge >= 0.3 is 0 Å². The number of ether oxygens (including phenoxy) is 3. The van der Waals surface area contributed by atoms with Gasteiger partial charge < -0.3 is 35.1 Å². The zero-order valence-corrected chi connectivity index (χ0v) is 21.7. The number of aromatic nitrogens is 2. The van der Waals surface area contributed by atoms with Gasteiger partial charge in [-0.05, 0) is 44.4 Å². The summed E-state index contributed by atoms with van der Waals surface area (Å²) in [5.41, 5.74) is 1.65. The molecule has 1 aromatic carbocycles. The summed E-state index contributed by atoms with van der Waals surface area (Å²) in [6.45, 7) is 5.98. The standard InChI is InChI=1S/C27H34N6O4/c1-6-26(34)31-24-16-37-15-23(24)30-25-13-21-18(14-29-25)11-22(32-27(21)28-7-8-33(2)3)17-9-19(35-4)12-20(10-17)36-5/h6,9-14,23-24H,1,7-8,15-16H2,2-5H3,(H,28,32)(H,29,30)(H,31,34)/t23-,24+/m1/s1. The van der Waals surface area contributed by atoms with Gasteiger partial charge in [-0.2, -0.15) is 0 Å². The van der Waals surface area contributed by atoms with Crippen molar-refractivity contribution in [3.05, 3.63) is 49.2 Å². The molecule has 0 radical (unpaired) electrons. The number of rotatable bonds is 11. The highest BCUT2D eigenvalue weighted by Gasteiger charge is 2.29. The van der Waals surface area contributed by atoms with Gasteiger partial charge in [-0.3, -0.25) is 4.79 Å². The Hall–Kier alpha value is -3.89. The Morgan fingerprint density at radius 1 is 1.14 bits per heavy atom. The van der Waals surface area contributed by atoms with Crippen molar-refractivity contribution >= 4 is 28.3 Å². The van der Waals surface area contributed by atoms with Crippen molar-refractivity contribution in [2.24, 2.45) is 0 Å². The van der Waals surface area contributed by atoms with Crippen LogP contribution in [-0.4, -0.2) is 87.5 Å². The second kappa shape index (κ2) is 11.9. The maximum Gasteiger partial charge on any atom is 0.243 e. The Balaban J connectivity index is 1.69. The number of pyridine rings is 2. The number of hydrogen-bond donors (Lipinski definition) is 3. The van der Waals surface area contributed by atoms with E-state index in [1.165, 1.54) is 6.08 Å². The maximum atomic E-state index is 11.8. The van der Waals surface area contributed by atoms with Crippen LogP contribution in [0.3, 0.4) is 0 Å². The summed E-state index contributed by atoms with van der Waals surface area (Å²) < 4.78 is 16.5. The minimum Gasteiger partial charge on any atom is -0.497 e. The summed E-state index contributed by atoms with van der Waals surface area (Å²) in [6.07, 6.45) is 3.08. The first-order valence-electron chi connectivity index (χ1n) is 12.1. The van der Waals surface area contributed by atoms with E-state index >= 15 is 0 Å². The molecule has 0 aliphatic carbocycles. The van der Waals surface area contributed by atoms with Crippen LogP contribution in [-0.2, 0) is 9.53 Å². The molecule has 1 saturated heterocycles. The maximum absolute atomic E-state index is 11.8. The molecule has 2 atom stereocenters. The van der Waals surface area contributed by atoms with Gasteiger partial charge in [0, 0.05) is 41.7 Å². The second-order valence-corrected chi connectivity index (χ2v) is 9.09. The van der Waals surface area contributed by atoms with Crippen LogP contribution in [0.25, 0.3) is 22.0 Å². The summed E-state index contributed by atoms with van der Waals surface area (Å²) in [5, 5.41) is 11.7. The monoisotopic (exact) mass is 506 g/mol. The van der Waals surface area contributed by atoms with E-state index < -0.39 is 0 Å². The Labute approximate surface area is 217 Å². The quantitative estimate of drug-likeness (QED) is 0.338. The lowest BCUT2D eigenvalue weighted by molar-refractivity contribution is -0.117. The molecule has 1 fully saturated rings. The molecule has 196 valence electrons. The highest BCUT2D eigenvalue weighted by atomic mass is 16.5. The molecule has 3 N–H and O–H groups in total. The number of carbonyl (C=O) groups excluding carboxylic acids is 1. The number of anilines is 2. The van der Waals surface area contributed by atoms with Crippen LogP contribution in [0.4, 0.5) is 11.6 Å². The van der Waals surface area contributed by atoms with Gasteiger partial charge in [0.25, 0.3) is 0 Å². The summed E-state index contributed by atoms with van der Waals surface area (Å²) in [7, 11) is 7.32. The molecule has 4 rings (SSSR count). The third-order valence-corrected chi connectivity index (χ3v) is 6.14. The highest BCUT2D eigenvalue weighted by molar-refractivity contribution is 5.95. The highest BCUT2D eigenvalue weighted by Crippen LogP contribution is 2.33. The number of fused-ring (bicyclic) bond motifs is 1. The second-order valence-electron chi connectivity index (χ2n) is 9.09. The van der Waals surface area contributed by atoms with Gasteiger partial charge in [-0.1, -0.05) is 6.58 Å². The molecule has 1 aliphatic rings. The predicted octanol–water partition coefficient (Wildman–Crippen LogP) is 2.77. The van der Waals surface area contributed by atoms with Gasteiger partial charge in [0.1, 0.15) is 23.1 Å². The third kappa shape index (κ3) is 6.46. The fourth-order valence-electron chi connectivity index (χ4n) is 4.13. The normalized spacial score (nSPS) is 17.0. The smallest absolute Gasteiger partial charge is 0.243 e. The molecule has 2 aromatic heterocycles. The van der Waals surface area contributed by atoms with E-state index in [-0.39, 0.29) is 18.0 Å². The topological polar surface area (TPSA) is 110 Å². The molecule has 10 heteroatoms. The zero-order chi connectivity index (χ0) is 26.4. The van der Waals surface area contributed by atoms with E-state index in [0.29, 0.717) is 30.5 Å². The van der Waals surface area contributed by atoms with Gasteiger partial charge in [0.2, 0.25) is 5.91 Å². The van der Waals surface area contributed by atoms with Crippen LogP contribution in [0.1, 0.15) is 0 Å². The molecule has 0 unspecified atom stereocenters. The van der Waals surface area contributed by atoms with Crippen molar-refractivity contribution in [2.75, 3.05) is 65.3 Å². The van der Waals surface area contributed by atoms with Crippen molar-refractivity contribution in [2.45, 2.75) is 12.1 Å². The number of likely N-dealkylation sites (N-methyl/N-ethyl adjacent to an activating group) is 1. The summed E-state index contributed by atoms with van der Waals surface area (Å²) in [5.74, 6) is 2.57. The van der Waals surface area contributed by atoms with Crippen molar-refractivity contribution in [1.82, 2.24) is 20.2 Å². The SMILES string of the molecule is C=CC(=O)N[C@H]1COC[C@H]1Nc1cc2c(NCCN(C)C)nc(-c3cc(OC)cc(OC)c3)cc2cn1. The average Bonchev–Trinajstić information content (AvgIpc) is 3.33. The molecule has 10 nitrogen and oxygen atoms in total. The van der Waals surface area contributed by atoms with Gasteiger partial charge in [0.05, 0.1) is 45.2 Å². The van der Waals surface area contributed by atoms with E-state index in [0.717, 1.165) is 40.9 Å². The van der Waals surface area contributed by atoms with Crippen molar-refractivity contribution < 1.29 is 19.0 Å². The van der Waals surface area contributed by atoms with Gasteiger partial charge in [-0.25, -0.2) is 9.97 Å². The van der Waals surface area contributed by atoms with E-state index in [2.05, 4.69) is 32.4 Å². The van der Waals surface area contributed by atoms with Gasteiger partial charge in [0.15, 0.2) is 0 Å². The summed E-state index contributed by atoms with van der Waals surface area (Å²) in [4.78, 5) is 23.5. The molecular formula is C27H34N6O4. The minimum atomic E-state index is -0.230. The Morgan fingerprint density at radius 3 is 2.54 bits per heavy atom. The molecule has 37 heavy (non-hydrogen) atoms. The number of amides is 1. The number of methoxy groups -OCH3 is 2. The third-order valence-electron chi connectivity index (χ3n) is 6.14. The van der Waals surface area contributed by atoms with Crippen LogP contribution in [0.5, 0.6) is 11.5 Å². The molecular weight excluding hydrogens is 472 g/mol. The fraction of sp³-hybridized carbons (Fsp3) is 0.370. The van der Waals surface area contributed by atoms with Crippen LogP contribution in [0.2, 0.25) is 0 Å². The fourth-order valence-corrected chi connectivity index (χ4v) is 4.13. The van der Waals surface area contributed by atoms with Crippen LogP contribution in [0.15, 0.2) is 49.2 Å². The molecule has 1 aliphatic heterocycles. The Morgan fingerprint density at radius 2 is 1.86 bits per heavy atom. The number of benzene rings is 1. The van der Waals surface area contributed by atoms with Crippen LogP contribution in [0, 0.1) is 0 Å². The van der Waals surface area contributed by atoms with E-state index in [1.807, 2.05) is 50.6 Å². The number of nitrogens with one attached hydrogen (secondary N) is 3. The largest absolute Gasteiger partial charge is 0.497 e. The van der Waals surface area contributed by atoms with Crippen molar-refractivity contribution in [3.8, 4) is 22.8 Å². The van der Waals surface area contributed by atoms with Crippen LogP contribution < -0.4 is 25.4 Å². The lowest BCUT2D eigenvalue weighted by Crippen LogP contribution is -2.45. The number of hydrogen-bond acceptors (Lipinski definition) is 9. The molecule has 0 saturated carbocycles. The summed E-state index contributed by atoms with van der Waals surface area (Å²) in [6, 6.07) is 9.38. The van der Waals surface area contributed by atoms with Crippen molar-refractivity contribution in [1.29, 1.82) is 0 Å². The lowest BCUT2D eigenvalue weighted by Gasteiger charge is -2.21. The molecule has 3 heterocycles. The average molecular weight is 507 g/mol. The lowest BCUT2D eigenvalue weighted by atomic mass is 10.1. The Kier molecular flexibility index (Phi) is 8.42. The van der Waals surface area contributed by atoms with E-state index in [9.17, 15) is 4.79 Å². The van der Waals surface area contributed by atoms with Crippen LogP contribution >= 0.6 is 0 Å². The molecule has 3 aromatic rings. The Bertz CT molecular complexity index is 1240. The van der Waals surface area contributed by atoms with E-state index in [4.69, 9.17) is 19.2 Å². The molecule has 0 bridgehead atoms. The first-order chi connectivity index (χ1) is 17.9. The predicted molar refractivity (Wildman–Crippen MR) is 145 cm³/mol. The first kappa shape index (κ1) is 26.2. The number of nitrogens with zero attached hydrogens (tertiary/aromatic N) is 3. The zero-order valence-electron chi connectivity index (χ0n) is 21.7. The van der Waals surface area contributed by atoms with Gasteiger partial charge in [-0.15, -0.1) is 0 Å². The first-order valence-corrected chi connectivity index (χ1v) is 12.1. The minimum absolute atomic E-state index is 0.115. The number of carbonyl (C=O) groups is 1. The molecule has 1 amide bonds. The van der Waals surface area contributed by atoms with E-state index in [1.54, 1.807) is 14.2 Å².